The summed E-state index contributed by atoms with van der Waals surface area (Å²) >= 11 is 5.86. The molecule has 0 unspecified atom stereocenters. The topological polar surface area (TPSA) is 92.4 Å². The number of anilines is 1. The van der Waals surface area contributed by atoms with Gasteiger partial charge in [0, 0.05) is 10.7 Å². The van der Waals surface area contributed by atoms with E-state index in [9.17, 15) is 13.5 Å². The highest BCUT2D eigenvalue weighted by molar-refractivity contribution is 7.89. The highest BCUT2D eigenvalue weighted by atomic mass is 35.5. The van der Waals surface area contributed by atoms with Gasteiger partial charge in [-0.2, -0.15) is 0 Å². The number of benzene rings is 1. The molecule has 0 bridgehead atoms. The van der Waals surface area contributed by atoms with Gasteiger partial charge < -0.3 is 10.8 Å². The first-order chi connectivity index (χ1) is 8.80. The van der Waals surface area contributed by atoms with E-state index >= 15 is 0 Å². The minimum atomic E-state index is -3.74. The zero-order valence-corrected chi connectivity index (χ0v) is 12.2. The molecule has 1 aromatic rings. The van der Waals surface area contributed by atoms with Gasteiger partial charge in [0.15, 0.2) is 0 Å². The number of hydrogen-bond donors (Lipinski definition) is 3. The van der Waals surface area contributed by atoms with Crippen molar-refractivity contribution in [3.63, 3.8) is 0 Å². The minimum absolute atomic E-state index is 0.0669. The van der Waals surface area contributed by atoms with Crippen LogP contribution in [0, 0.1) is 6.92 Å². The van der Waals surface area contributed by atoms with Crippen molar-refractivity contribution in [3.05, 3.63) is 22.7 Å². The van der Waals surface area contributed by atoms with Crippen molar-refractivity contribution in [2.75, 3.05) is 12.3 Å². The molecule has 4 N–H and O–H groups in total. The fourth-order valence-corrected chi connectivity index (χ4v) is 4.23. The Morgan fingerprint density at radius 3 is 2.58 bits per heavy atom. The normalized spacial score (nSPS) is 18.1. The molecule has 0 heterocycles. The minimum Gasteiger partial charge on any atom is -0.398 e. The van der Waals surface area contributed by atoms with Gasteiger partial charge >= 0.3 is 0 Å². The van der Waals surface area contributed by atoms with E-state index < -0.39 is 15.6 Å². The lowest BCUT2D eigenvalue weighted by Gasteiger charge is -2.40. The smallest absolute Gasteiger partial charge is 0.241 e. The van der Waals surface area contributed by atoms with Gasteiger partial charge in [0.2, 0.25) is 10.0 Å². The Kier molecular flexibility index (Phi) is 3.79. The molecular formula is C12H17ClN2O3S. The van der Waals surface area contributed by atoms with Crippen molar-refractivity contribution in [3.8, 4) is 0 Å². The monoisotopic (exact) mass is 304 g/mol. The van der Waals surface area contributed by atoms with Crippen molar-refractivity contribution in [2.45, 2.75) is 36.6 Å². The number of nitrogens with one attached hydrogen (secondary N) is 1. The molecule has 1 saturated carbocycles. The zero-order chi connectivity index (χ0) is 14.3. The van der Waals surface area contributed by atoms with Gasteiger partial charge in [0.25, 0.3) is 0 Å². The molecule has 5 nitrogen and oxygen atoms in total. The lowest BCUT2D eigenvalue weighted by atomic mass is 9.78. The van der Waals surface area contributed by atoms with E-state index in [0.29, 0.717) is 24.1 Å². The van der Waals surface area contributed by atoms with Crippen LogP contribution in [-0.2, 0) is 10.0 Å². The predicted molar refractivity (Wildman–Crippen MR) is 74.6 cm³/mol. The average molecular weight is 305 g/mol. The molecule has 1 aliphatic carbocycles. The van der Waals surface area contributed by atoms with Gasteiger partial charge in [0.05, 0.1) is 17.0 Å². The molecule has 0 aliphatic heterocycles. The summed E-state index contributed by atoms with van der Waals surface area (Å²) in [5, 5.41) is 9.62. The molecule has 0 amide bonds. The number of nitrogens with two attached hydrogens (primary N) is 1. The van der Waals surface area contributed by atoms with Crippen LogP contribution in [-0.4, -0.2) is 25.7 Å². The second-order valence-electron chi connectivity index (χ2n) is 5.02. The van der Waals surface area contributed by atoms with Crippen molar-refractivity contribution in [1.82, 2.24) is 4.72 Å². The first-order valence-electron chi connectivity index (χ1n) is 6.00. The van der Waals surface area contributed by atoms with E-state index in [2.05, 4.69) is 4.72 Å². The van der Waals surface area contributed by atoms with E-state index in [1.165, 1.54) is 12.1 Å². The number of aliphatic hydroxyl groups is 1. The Hall–Kier alpha value is -0.820. The molecule has 106 valence electrons. The third-order valence-electron chi connectivity index (χ3n) is 3.62. The van der Waals surface area contributed by atoms with Crippen LogP contribution in [0.5, 0.6) is 0 Å². The van der Waals surface area contributed by atoms with Crippen LogP contribution in [0.15, 0.2) is 17.0 Å². The van der Waals surface area contributed by atoms with Crippen LogP contribution in [0.4, 0.5) is 5.69 Å². The van der Waals surface area contributed by atoms with E-state index in [-0.39, 0.29) is 16.5 Å². The van der Waals surface area contributed by atoms with E-state index in [1.54, 1.807) is 6.92 Å². The highest BCUT2D eigenvalue weighted by Gasteiger charge is 2.40. The third-order valence-corrected chi connectivity index (χ3v) is 5.54. The number of rotatable bonds is 4. The van der Waals surface area contributed by atoms with Gasteiger partial charge in [-0.1, -0.05) is 11.6 Å². The van der Waals surface area contributed by atoms with Gasteiger partial charge in [0.1, 0.15) is 0 Å². The summed E-state index contributed by atoms with van der Waals surface area (Å²) in [5.74, 6) is 0. The quantitative estimate of drug-likeness (QED) is 0.734. The van der Waals surface area contributed by atoms with Crippen molar-refractivity contribution in [1.29, 1.82) is 0 Å². The third kappa shape index (κ3) is 2.72. The van der Waals surface area contributed by atoms with Gasteiger partial charge in [-0.25, -0.2) is 13.1 Å². The first-order valence-corrected chi connectivity index (χ1v) is 7.86. The number of hydrogen-bond acceptors (Lipinski definition) is 4. The highest BCUT2D eigenvalue weighted by Crippen LogP contribution is 2.34. The Balaban J connectivity index is 2.40. The summed E-state index contributed by atoms with van der Waals surface area (Å²) in [6, 6.07) is 2.89. The lowest BCUT2D eigenvalue weighted by Crippen LogP contribution is -2.56. The van der Waals surface area contributed by atoms with Crippen molar-refractivity contribution >= 4 is 27.3 Å². The Labute approximate surface area is 117 Å². The summed E-state index contributed by atoms with van der Waals surface area (Å²) in [7, 11) is -3.74. The Bertz CT molecular complexity index is 592. The second kappa shape index (κ2) is 4.94. The number of halogens is 1. The lowest BCUT2D eigenvalue weighted by molar-refractivity contribution is 0.110. The summed E-state index contributed by atoms with van der Waals surface area (Å²) in [4.78, 5) is 0.0669. The summed E-state index contributed by atoms with van der Waals surface area (Å²) in [5.41, 5.74) is 5.80. The molecule has 0 atom stereocenters. The SMILES string of the molecule is Cc1c(N)cc(Cl)cc1S(=O)(=O)NC1(CO)CCC1. The average Bonchev–Trinajstić information content (AvgIpc) is 2.28. The van der Waals surface area contributed by atoms with Crippen molar-refractivity contribution < 1.29 is 13.5 Å². The summed E-state index contributed by atoms with van der Waals surface area (Å²) in [6.07, 6.45) is 2.18. The van der Waals surface area contributed by atoms with E-state index in [1.807, 2.05) is 0 Å². The molecule has 2 rings (SSSR count). The van der Waals surface area contributed by atoms with E-state index in [0.717, 1.165) is 6.42 Å². The van der Waals surface area contributed by atoms with Gasteiger partial charge in [-0.3, -0.25) is 0 Å². The molecule has 19 heavy (non-hydrogen) atoms. The molecule has 1 fully saturated rings. The molecule has 7 heteroatoms. The van der Waals surface area contributed by atoms with Crippen LogP contribution in [0.3, 0.4) is 0 Å². The molecule has 0 spiro atoms. The zero-order valence-electron chi connectivity index (χ0n) is 10.6. The maximum absolute atomic E-state index is 12.4. The number of aliphatic hydroxyl groups excluding tert-OH is 1. The fourth-order valence-electron chi connectivity index (χ4n) is 2.19. The molecule has 1 aliphatic rings. The molecular weight excluding hydrogens is 288 g/mol. The summed E-state index contributed by atoms with van der Waals surface area (Å²) in [6.45, 7) is 1.42. The maximum Gasteiger partial charge on any atom is 0.241 e. The summed E-state index contributed by atoms with van der Waals surface area (Å²) < 4.78 is 27.4. The Morgan fingerprint density at radius 2 is 2.11 bits per heavy atom. The van der Waals surface area contributed by atoms with Crippen LogP contribution >= 0.6 is 11.6 Å². The van der Waals surface area contributed by atoms with Crippen LogP contribution in [0.2, 0.25) is 5.02 Å². The van der Waals surface area contributed by atoms with Crippen molar-refractivity contribution in [2.24, 2.45) is 0 Å². The molecule has 0 radical (unpaired) electrons. The standard InChI is InChI=1S/C12H17ClN2O3S/c1-8-10(14)5-9(13)6-11(8)19(17,18)15-12(7-16)3-2-4-12/h5-6,15-16H,2-4,7,14H2,1H3. The van der Waals surface area contributed by atoms with Crippen LogP contribution < -0.4 is 10.5 Å². The predicted octanol–water partition coefficient (Wildman–Crippen LogP) is 1.42. The first kappa shape index (κ1) is 14.6. The van der Waals surface area contributed by atoms with Crippen LogP contribution in [0.1, 0.15) is 24.8 Å². The fraction of sp³-hybridized carbons (Fsp3) is 0.500. The molecule has 0 aromatic heterocycles. The van der Waals surface area contributed by atoms with Gasteiger partial charge in [-0.15, -0.1) is 0 Å². The number of nitrogen functional groups attached to an aromatic ring is 1. The largest absolute Gasteiger partial charge is 0.398 e. The van der Waals surface area contributed by atoms with Crippen LogP contribution in [0.25, 0.3) is 0 Å². The second-order valence-corrected chi connectivity index (χ2v) is 7.10. The molecule has 1 aromatic carbocycles. The van der Waals surface area contributed by atoms with E-state index in [4.69, 9.17) is 17.3 Å². The van der Waals surface area contributed by atoms with Gasteiger partial charge in [-0.05, 0) is 43.9 Å². The maximum atomic E-state index is 12.4. The number of sulfonamides is 1. The Morgan fingerprint density at radius 1 is 1.47 bits per heavy atom. The molecule has 0 saturated heterocycles.